The Morgan fingerprint density at radius 2 is 2.00 bits per heavy atom. The zero-order chi connectivity index (χ0) is 12.8. The van der Waals surface area contributed by atoms with Gasteiger partial charge in [0.25, 0.3) is 0 Å². The van der Waals surface area contributed by atoms with Crippen LogP contribution in [-0.4, -0.2) is 30.6 Å². The predicted molar refractivity (Wildman–Crippen MR) is 77.7 cm³/mol. The van der Waals surface area contributed by atoms with Gasteiger partial charge in [0.1, 0.15) is 0 Å². The topological polar surface area (TPSA) is 15.3 Å². The Bertz CT molecular complexity index is 336. The van der Waals surface area contributed by atoms with Gasteiger partial charge in [0.2, 0.25) is 0 Å². The predicted octanol–water partition coefficient (Wildman–Crippen LogP) is 3.21. The van der Waals surface area contributed by atoms with Gasteiger partial charge in [0.15, 0.2) is 0 Å². The van der Waals surface area contributed by atoms with E-state index in [1.54, 1.807) is 0 Å². The third kappa shape index (κ3) is 3.82. The molecule has 1 aromatic rings. The Hall–Kier alpha value is -0.860. The van der Waals surface area contributed by atoms with Gasteiger partial charge in [-0.2, -0.15) is 0 Å². The molecule has 0 aliphatic carbocycles. The largest absolute Gasteiger partial charge is 0.307 e. The van der Waals surface area contributed by atoms with Crippen molar-refractivity contribution in [3.63, 3.8) is 0 Å². The fourth-order valence-corrected chi connectivity index (χ4v) is 2.83. The van der Waals surface area contributed by atoms with Crippen molar-refractivity contribution in [3.8, 4) is 0 Å². The van der Waals surface area contributed by atoms with E-state index in [9.17, 15) is 0 Å². The van der Waals surface area contributed by atoms with Gasteiger partial charge < -0.3 is 10.2 Å². The third-order valence-electron chi connectivity index (χ3n) is 4.05. The number of hydrogen-bond acceptors (Lipinski definition) is 2. The highest BCUT2D eigenvalue weighted by atomic mass is 15.1. The van der Waals surface area contributed by atoms with Gasteiger partial charge >= 0.3 is 0 Å². The molecule has 1 heterocycles. The van der Waals surface area contributed by atoms with Crippen molar-refractivity contribution in [2.45, 2.75) is 45.2 Å². The molecule has 0 bridgehead atoms. The normalized spacial score (nSPS) is 23.6. The maximum Gasteiger partial charge on any atom is 0.0294 e. The van der Waals surface area contributed by atoms with Gasteiger partial charge in [0.05, 0.1) is 0 Å². The summed E-state index contributed by atoms with van der Waals surface area (Å²) < 4.78 is 0. The molecule has 18 heavy (non-hydrogen) atoms. The number of nitrogens with one attached hydrogen (secondary N) is 1. The minimum Gasteiger partial charge on any atom is -0.307 e. The number of rotatable bonds is 4. The maximum absolute atomic E-state index is 3.79. The van der Waals surface area contributed by atoms with Gasteiger partial charge in [0, 0.05) is 12.1 Å². The van der Waals surface area contributed by atoms with Crippen LogP contribution in [0.2, 0.25) is 0 Å². The second-order valence-corrected chi connectivity index (χ2v) is 5.36. The molecule has 2 heteroatoms. The van der Waals surface area contributed by atoms with Crippen LogP contribution in [0.3, 0.4) is 0 Å². The molecule has 1 N–H and O–H groups in total. The van der Waals surface area contributed by atoms with Crippen molar-refractivity contribution >= 4 is 0 Å². The van der Waals surface area contributed by atoms with Crippen molar-refractivity contribution in [3.05, 3.63) is 35.9 Å². The van der Waals surface area contributed by atoms with E-state index in [0.29, 0.717) is 12.1 Å². The zero-order valence-electron chi connectivity index (χ0n) is 11.7. The maximum atomic E-state index is 3.79. The molecule has 1 aliphatic rings. The summed E-state index contributed by atoms with van der Waals surface area (Å²) >= 11 is 0. The van der Waals surface area contributed by atoms with Gasteiger partial charge in [-0.05, 0) is 51.4 Å². The molecule has 1 fully saturated rings. The van der Waals surface area contributed by atoms with Crippen LogP contribution in [0, 0.1) is 0 Å². The van der Waals surface area contributed by atoms with Crippen LogP contribution in [0.5, 0.6) is 0 Å². The first-order chi connectivity index (χ1) is 8.79. The number of hydrogen-bond donors (Lipinski definition) is 1. The highest BCUT2D eigenvalue weighted by Gasteiger charge is 2.17. The molecule has 2 rings (SSSR count). The molecule has 1 aromatic carbocycles. The summed E-state index contributed by atoms with van der Waals surface area (Å²) in [5.74, 6) is 0. The first kappa shape index (κ1) is 13.6. The zero-order valence-corrected chi connectivity index (χ0v) is 11.7. The minimum atomic E-state index is 0.462. The van der Waals surface area contributed by atoms with Crippen LogP contribution in [0.15, 0.2) is 30.3 Å². The summed E-state index contributed by atoms with van der Waals surface area (Å²) in [7, 11) is 0. The van der Waals surface area contributed by atoms with Crippen molar-refractivity contribution in [2.24, 2.45) is 0 Å². The van der Waals surface area contributed by atoms with Crippen LogP contribution in [-0.2, 0) is 0 Å². The number of likely N-dealkylation sites (tertiary alicyclic amines) is 1. The van der Waals surface area contributed by atoms with Crippen LogP contribution < -0.4 is 5.32 Å². The SMILES string of the molecule is CCN1CCCC(NC(C)c2ccccc2)CC1. The average Bonchev–Trinajstić information content (AvgIpc) is 2.65. The quantitative estimate of drug-likeness (QED) is 0.877. The Morgan fingerprint density at radius 3 is 2.72 bits per heavy atom. The summed E-state index contributed by atoms with van der Waals surface area (Å²) in [5, 5.41) is 3.79. The van der Waals surface area contributed by atoms with E-state index in [2.05, 4.69) is 54.4 Å². The Balaban J connectivity index is 1.86. The van der Waals surface area contributed by atoms with Crippen LogP contribution in [0.4, 0.5) is 0 Å². The Morgan fingerprint density at radius 1 is 1.22 bits per heavy atom. The molecule has 100 valence electrons. The van der Waals surface area contributed by atoms with E-state index in [4.69, 9.17) is 0 Å². The molecule has 2 atom stereocenters. The van der Waals surface area contributed by atoms with E-state index >= 15 is 0 Å². The minimum absolute atomic E-state index is 0.462. The summed E-state index contributed by atoms with van der Waals surface area (Å²) in [6.45, 7) is 8.25. The standard InChI is InChI=1S/C16H26N2/c1-3-18-12-7-10-16(11-13-18)17-14(2)15-8-5-4-6-9-15/h4-6,8-9,14,16-17H,3,7,10-13H2,1-2H3. The molecule has 1 aliphatic heterocycles. The summed E-state index contributed by atoms with van der Waals surface area (Å²) in [5.41, 5.74) is 1.40. The summed E-state index contributed by atoms with van der Waals surface area (Å²) in [6, 6.07) is 11.9. The lowest BCUT2D eigenvalue weighted by atomic mass is 10.0. The molecule has 0 radical (unpaired) electrons. The van der Waals surface area contributed by atoms with Gasteiger partial charge in [-0.1, -0.05) is 37.3 Å². The van der Waals surface area contributed by atoms with Crippen LogP contribution in [0.25, 0.3) is 0 Å². The molecule has 0 saturated carbocycles. The monoisotopic (exact) mass is 246 g/mol. The van der Waals surface area contributed by atoms with E-state index < -0.39 is 0 Å². The molecule has 2 unspecified atom stereocenters. The molecule has 2 nitrogen and oxygen atoms in total. The lowest BCUT2D eigenvalue weighted by Gasteiger charge is -2.22. The molecular formula is C16H26N2. The van der Waals surface area contributed by atoms with Gasteiger partial charge in [-0.3, -0.25) is 0 Å². The summed E-state index contributed by atoms with van der Waals surface area (Å²) in [6.07, 6.45) is 3.92. The van der Waals surface area contributed by atoms with Gasteiger partial charge in [-0.25, -0.2) is 0 Å². The second-order valence-electron chi connectivity index (χ2n) is 5.36. The second kappa shape index (κ2) is 6.91. The number of benzene rings is 1. The molecule has 0 amide bonds. The highest BCUT2D eigenvalue weighted by molar-refractivity contribution is 5.18. The van der Waals surface area contributed by atoms with Crippen LogP contribution in [0.1, 0.15) is 44.7 Å². The van der Waals surface area contributed by atoms with Crippen molar-refractivity contribution in [1.29, 1.82) is 0 Å². The fraction of sp³-hybridized carbons (Fsp3) is 0.625. The fourth-order valence-electron chi connectivity index (χ4n) is 2.83. The number of nitrogens with zero attached hydrogens (tertiary/aromatic N) is 1. The molecular weight excluding hydrogens is 220 g/mol. The van der Waals surface area contributed by atoms with Gasteiger partial charge in [-0.15, -0.1) is 0 Å². The Kier molecular flexibility index (Phi) is 5.21. The Labute approximate surface area is 111 Å². The smallest absolute Gasteiger partial charge is 0.0294 e. The first-order valence-corrected chi connectivity index (χ1v) is 7.33. The lowest BCUT2D eigenvalue weighted by Crippen LogP contribution is -2.32. The third-order valence-corrected chi connectivity index (χ3v) is 4.05. The van der Waals surface area contributed by atoms with Crippen LogP contribution >= 0.6 is 0 Å². The molecule has 1 saturated heterocycles. The lowest BCUT2D eigenvalue weighted by molar-refractivity contribution is 0.295. The van der Waals surface area contributed by atoms with E-state index in [1.165, 1.54) is 44.5 Å². The first-order valence-electron chi connectivity index (χ1n) is 7.33. The summed E-state index contributed by atoms with van der Waals surface area (Å²) in [4.78, 5) is 2.56. The van der Waals surface area contributed by atoms with Crippen molar-refractivity contribution in [1.82, 2.24) is 10.2 Å². The average molecular weight is 246 g/mol. The van der Waals surface area contributed by atoms with Crippen molar-refractivity contribution < 1.29 is 0 Å². The molecule has 0 aromatic heterocycles. The van der Waals surface area contributed by atoms with E-state index in [-0.39, 0.29) is 0 Å². The van der Waals surface area contributed by atoms with E-state index in [1.807, 2.05) is 0 Å². The highest BCUT2D eigenvalue weighted by Crippen LogP contribution is 2.17. The van der Waals surface area contributed by atoms with Crippen molar-refractivity contribution in [2.75, 3.05) is 19.6 Å². The van der Waals surface area contributed by atoms with E-state index in [0.717, 1.165) is 0 Å². The molecule has 0 spiro atoms.